The van der Waals surface area contributed by atoms with Gasteiger partial charge in [-0.3, -0.25) is 10.1 Å². The zero-order chi connectivity index (χ0) is 14.5. The fourth-order valence-corrected chi connectivity index (χ4v) is 3.19. The molecule has 0 bridgehead atoms. The lowest BCUT2D eigenvalue weighted by atomic mass is 10.2. The minimum Gasteiger partial charge on any atom is -0.379 e. The minimum atomic E-state index is -0.481. The number of nitriles is 1. The Balaban J connectivity index is 2.05. The molecule has 0 spiro atoms. The Kier molecular flexibility index (Phi) is 4.71. The van der Waals surface area contributed by atoms with Crippen molar-refractivity contribution in [2.75, 3.05) is 11.9 Å². The van der Waals surface area contributed by atoms with Crippen LogP contribution in [0.1, 0.15) is 10.4 Å². The van der Waals surface area contributed by atoms with Crippen LogP contribution in [0.25, 0.3) is 0 Å². The van der Waals surface area contributed by atoms with Crippen LogP contribution < -0.4 is 5.32 Å². The molecule has 0 amide bonds. The van der Waals surface area contributed by atoms with E-state index in [0.717, 1.165) is 10.2 Å². The van der Waals surface area contributed by atoms with Gasteiger partial charge >= 0.3 is 0 Å². The van der Waals surface area contributed by atoms with Gasteiger partial charge in [0.15, 0.2) is 0 Å². The number of nitro benzene ring substituents is 1. The molecule has 102 valence electrons. The first-order valence-electron chi connectivity index (χ1n) is 5.77. The normalized spacial score (nSPS) is 10.0. The Morgan fingerprint density at radius 2 is 2.20 bits per heavy atom. The topological polar surface area (TPSA) is 79.0 Å². The van der Waals surface area contributed by atoms with Crippen molar-refractivity contribution in [3.05, 3.63) is 54.7 Å². The second kappa shape index (κ2) is 6.50. The lowest BCUT2D eigenvalue weighted by Gasteiger charge is -2.06. The van der Waals surface area contributed by atoms with Crippen molar-refractivity contribution in [3.63, 3.8) is 0 Å². The zero-order valence-electron chi connectivity index (χ0n) is 10.3. The SMILES string of the molecule is N#Cc1ccc(NCCc2ccc(Br)s2)c([N+](=O)[O-])c1. The second-order valence-corrected chi connectivity index (χ2v) is 6.53. The molecular formula is C13H10BrN3O2S. The number of nitrogens with one attached hydrogen (secondary N) is 1. The molecule has 2 aromatic rings. The molecule has 20 heavy (non-hydrogen) atoms. The number of halogens is 1. The molecule has 0 atom stereocenters. The van der Waals surface area contributed by atoms with Crippen LogP contribution in [0.15, 0.2) is 34.1 Å². The third-order valence-electron chi connectivity index (χ3n) is 2.64. The summed E-state index contributed by atoms with van der Waals surface area (Å²) in [4.78, 5) is 11.7. The van der Waals surface area contributed by atoms with E-state index in [4.69, 9.17) is 5.26 Å². The van der Waals surface area contributed by atoms with Gasteiger partial charge in [-0.05, 0) is 46.6 Å². The third kappa shape index (κ3) is 3.56. The molecule has 0 radical (unpaired) electrons. The summed E-state index contributed by atoms with van der Waals surface area (Å²) in [6.07, 6.45) is 0.785. The molecule has 1 heterocycles. The first-order valence-corrected chi connectivity index (χ1v) is 7.37. The standard InChI is InChI=1S/C13H10BrN3O2S/c14-13-4-2-10(20-13)5-6-16-11-3-1-9(8-15)7-12(11)17(18)19/h1-4,7,16H,5-6H2. The lowest BCUT2D eigenvalue weighted by molar-refractivity contribution is -0.384. The Morgan fingerprint density at radius 1 is 1.40 bits per heavy atom. The van der Waals surface area contributed by atoms with E-state index in [9.17, 15) is 10.1 Å². The van der Waals surface area contributed by atoms with Crippen LogP contribution in [-0.2, 0) is 6.42 Å². The van der Waals surface area contributed by atoms with Crippen molar-refractivity contribution in [1.29, 1.82) is 5.26 Å². The van der Waals surface area contributed by atoms with Gasteiger partial charge in [-0.2, -0.15) is 5.26 Å². The van der Waals surface area contributed by atoms with Crippen LogP contribution in [0, 0.1) is 21.4 Å². The van der Waals surface area contributed by atoms with Gasteiger partial charge in [-0.15, -0.1) is 11.3 Å². The third-order valence-corrected chi connectivity index (χ3v) is 4.32. The smallest absolute Gasteiger partial charge is 0.293 e. The quantitative estimate of drug-likeness (QED) is 0.653. The van der Waals surface area contributed by atoms with Crippen molar-refractivity contribution in [3.8, 4) is 6.07 Å². The van der Waals surface area contributed by atoms with E-state index in [1.807, 2.05) is 18.2 Å². The summed E-state index contributed by atoms with van der Waals surface area (Å²) in [5.41, 5.74) is 0.644. The van der Waals surface area contributed by atoms with E-state index < -0.39 is 4.92 Å². The van der Waals surface area contributed by atoms with Gasteiger partial charge in [0.2, 0.25) is 0 Å². The van der Waals surface area contributed by atoms with Gasteiger partial charge in [0.25, 0.3) is 5.69 Å². The van der Waals surface area contributed by atoms with Gasteiger partial charge in [-0.1, -0.05) is 0 Å². The summed E-state index contributed by atoms with van der Waals surface area (Å²) in [7, 11) is 0. The molecule has 1 N–H and O–H groups in total. The van der Waals surface area contributed by atoms with Crippen molar-refractivity contribution >= 4 is 38.6 Å². The molecule has 5 nitrogen and oxygen atoms in total. The monoisotopic (exact) mass is 351 g/mol. The van der Waals surface area contributed by atoms with Crippen LogP contribution >= 0.6 is 27.3 Å². The van der Waals surface area contributed by atoms with E-state index in [1.165, 1.54) is 10.9 Å². The highest BCUT2D eigenvalue weighted by atomic mass is 79.9. The molecule has 0 aliphatic carbocycles. The number of anilines is 1. The Morgan fingerprint density at radius 3 is 2.80 bits per heavy atom. The average molecular weight is 352 g/mol. The molecule has 0 unspecified atom stereocenters. The zero-order valence-corrected chi connectivity index (χ0v) is 12.7. The molecule has 1 aromatic carbocycles. The van der Waals surface area contributed by atoms with Crippen molar-refractivity contribution in [1.82, 2.24) is 0 Å². The number of benzene rings is 1. The first-order chi connectivity index (χ1) is 9.60. The molecule has 0 aliphatic heterocycles. The van der Waals surface area contributed by atoms with Gasteiger partial charge < -0.3 is 5.32 Å². The Hall–Kier alpha value is -1.91. The van der Waals surface area contributed by atoms with E-state index in [1.54, 1.807) is 23.5 Å². The van der Waals surface area contributed by atoms with Crippen LogP contribution in [0.4, 0.5) is 11.4 Å². The number of rotatable bonds is 5. The Labute approximate surface area is 128 Å². The molecule has 0 fully saturated rings. The van der Waals surface area contributed by atoms with Gasteiger partial charge in [0, 0.05) is 17.5 Å². The van der Waals surface area contributed by atoms with Gasteiger partial charge in [0.1, 0.15) is 5.69 Å². The highest BCUT2D eigenvalue weighted by Gasteiger charge is 2.14. The number of nitro groups is 1. The summed E-state index contributed by atoms with van der Waals surface area (Å²) in [6.45, 7) is 0.597. The van der Waals surface area contributed by atoms with Gasteiger partial charge in [-0.25, -0.2) is 0 Å². The summed E-state index contributed by atoms with van der Waals surface area (Å²) < 4.78 is 1.07. The molecule has 0 saturated heterocycles. The number of hydrogen-bond donors (Lipinski definition) is 1. The maximum Gasteiger partial charge on any atom is 0.293 e. The van der Waals surface area contributed by atoms with E-state index in [-0.39, 0.29) is 11.3 Å². The number of thiophene rings is 1. The maximum absolute atomic E-state index is 11.0. The number of hydrogen-bond acceptors (Lipinski definition) is 5. The average Bonchev–Trinajstić information content (AvgIpc) is 2.84. The first kappa shape index (κ1) is 14.5. The fraction of sp³-hybridized carbons (Fsp3) is 0.154. The minimum absolute atomic E-state index is 0.0728. The lowest BCUT2D eigenvalue weighted by Crippen LogP contribution is -2.06. The molecule has 0 saturated carbocycles. The largest absolute Gasteiger partial charge is 0.379 e. The highest BCUT2D eigenvalue weighted by molar-refractivity contribution is 9.11. The van der Waals surface area contributed by atoms with Crippen molar-refractivity contribution in [2.45, 2.75) is 6.42 Å². The fourth-order valence-electron chi connectivity index (χ4n) is 1.71. The predicted molar refractivity (Wildman–Crippen MR) is 82.0 cm³/mol. The van der Waals surface area contributed by atoms with E-state index in [0.29, 0.717) is 12.2 Å². The molecule has 2 rings (SSSR count). The predicted octanol–water partition coefficient (Wildman–Crippen LogP) is 3.95. The van der Waals surface area contributed by atoms with Crippen molar-refractivity contribution < 1.29 is 4.92 Å². The van der Waals surface area contributed by atoms with Crippen LogP contribution in [0.3, 0.4) is 0 Å². The maximum atomic E-state index is 11.0. The summed E-state index contributed by atoms with van der Waals surface area (Å²) >= 11 is 5.03. The molecular weight excluding hydrogens is 342 g/mol. The molecule has 0 aliphatic rings. The summed E-state index contributed by atoms with van der Waals surface area (Å²) in [5, 5.41) is 22.8. The number of nitrogens with zero attached hydrogens (tertiary/aromatic N) is 2. The second-order valence-electron chi connectivity index (χ2n) is 3.98. The molecule has 7 heteroatoms. The van der Waals surface area contributed by atoms with Gasteiger partial charge in [0.05, 0.1) is 20.3 Å². The highest BCUT2D eigenvalue weighted by Crippen LogP contribution is 2.26. The van der Waals surface area contributed by atoms with Crippen LogP contribution in [-0.4, -0.2) is 11.5 Å². The summed E-state index contributed by atoms with van der Waals surface area (Å²) in [5.74, 6) is 0. The summed E-state index contributed by atoms with van der Waals surface area (Å²) in [6, 6.07) is 10.3. The molecule has 1 aromatic heterocycles. The van der Waals surface area contributed by atoms with Crippen LogP contribution in [0.2, 0.25) is 0 Å². The van der Waals surface area contributed by atoms with Crippen molar-refractivity contribution in [2.24, 2.45) is 0 Å². The van der Waals surface area contributed by atoms with E-state index in [2.05, 4.69) is 21.2 Å². The van der Waals surface area contributed by atoms with E-state index >= 15 is 0 Å². The van der Waals surface area contributed by atoms with Crippen LogP contribution in [0.5, 0.6) is 0 Å². The Bertz CT molecular complexity index is 678.